The molecule has 11 heteroatoms. The first-order valence-electron chi connectivity index (χ1n) is 14.2. The molecular weight excluding hydrogens is 554 g/mol. The summed E-state index contributed by atoms with van der Waals surface area (Å²) in [6, 6.07) is 9.12. The molecule has 222 valence electrons. The lowest BCUT2D eigenvalue weighted by Crippen LogP contribution is -2.47. The number of fused-ring (bicyclic) bond motifs is 2. The number of ether oxygens (including phenoxy) is 1. The third-order valence-corrected chi connectivity index (χ3v) is 8.59. The van der Waals surface area contributed by atoms with Crippen LogP contribution in [0.5, 0.6) is 5.75 Å². The molecule has 1 aromatic carbocycles. The standard InChI is InChI=1S/C31H37N5O5S/c1-6-36-24-9-8-21(19-25(24)34(5)29(38)31(3,4)30(36)39)40-16-7-12-32-23(27-33-13-17-42-27)10-14-35-15-11-26-22(28(35)37)18-20(2)41-26/h8-9,11,13,15,17-19,23,32H,6-7,10,12,14,16H2,1-5H3. The fraction of sp³-hybridized carbons (Fsp3) is 0.419. The van der Waals surface area contributed by atoms with Crippen molar-refractivity contribution in [3.8, 4) is 5.75 Å². The minimum Gasteiger partial charge on any atom is -0.493 e. The molecule has 4 heterocycles. The van der Waals surface area contributed by atoms with Crippen molar-refractivity contribution in [3.05, 3.63) is 69.2 Å². The molecule has 1 aliphatic rings. The molecule has 1 aliphatic heterocycles. The predicted octanol–water partition coefficient (Wildman–Crippen LogP) is 4.91. The van der Waals surface area contributed by atoms with Gasteiger partial charge < -0.3 is 28.8 Å². The molecule has 2 amide bonds. The first-order chi connectivity index (χ1) is 20.1. The third-order valence-electron chi connectivity index (χ3n) is 7.70. The molecule has 4 aromatic rings. The van der Waals surface area contributed by atoms with Crippen LogP contribution in [0.25, 0.3) is 11.0 Å². The van der Waals surface area contributed by atoms with Gasteiger partial charge in [0.2, 0.25) is 11.8 Å². The molecule has 5 rings (SSSR count). The summed E-state index contributed by atoms with van der Waals surface area (Å²) in [4.78, 5) is 46.8. The third kappa shape index (κ3) is 5.71. The average molecular weight is 592 g/mol. The highest BCUT2D eigenvalue weighted by atomic mass is 32.1. The number of carbonyl (C=O) groups excluding carboxylic acids is 2. The predicted molar refractivity (Wildman–Crippen MR) is 164 cm³/mol. The van der Waals surface area contributed by atoms with E-state index in [-0.39, 0.29) is 23.4 Å². The number of carbonyl (C=O) groups is 2. The minimum atomic E-state index is -1.15. The lowest BCUT2D eigenvalue weighted by molar-refractivity contribution is -0.137. The van der Waals surface area contributed by atoms with E-state index in [0.717, 1.165) is 17.2 Å². The summed E-state index contributed by atoms with van der Waals surface area (Å²) in [6.07, 6.45) is 5.01. The van der Waals surface area contributed by atoms with Crippen LogP contribution < -0.4 is 25.4 Å². The van der Waals surface area contributed by atoms with Crippen molar-refractivity contribution in [2.24, 2.45) is 5.41 Å². The highest BCUT2D eigenvalue weighted by Crippen LogP contribution is 2.40. The van der Waals surface area contributed by atoms with Crippen LogP contribution in [0.3, 0.4) is 0 Å². The van der Waals surface area contributed by atoms with Gasteiger partial charge >= 0.3 is 0 Å². The largest absolute Gasteiger partial charge is 0.493 e. The molecule has 0 spiro atoms. The van der Waals surface area contributed by atoms with Gasteiger partial charge in [-0.3, -0.25) is 14.4 Å². The van der Waals surface area contributed by atoms with Crippen molar-refractivity contribution in [2.75, 3.05) is 36.5 Å². The van der Waals surface area contributed by atoms with Crippen LogP contribution in [-0.2, 0) is 16.1 Å². The van der Waals surface area contributed by atoms with Crippen molar-refractivity contribution in [1.29, 1.82) is 0 Å². The van der Waals surface area contributed by atoms with E-state index in [4.69, 9.17) is 9.15 Å². The van der Waals surface area contributed by atoms with Crippen molar-refractivity contribution in [3.63, 3.8) is 0 Å². The Bertz CT molecular complexity index is 1640. The quantitative estimate of drug-likeness (QED) is 0.195. The molecule has 1 unspecified atom stereocenters. The molecule has 10 nitrogen and oxygen atoms in total. The van der Waals surface area contributed by atoms with E-state index in [1.807, 2.05) is 43.5 Å². The zero-order valence-electron chi connectivity index (χ0n) is 24.7. The molecule has 0 radical (unpaired) electrons. The molecule has 0 saturated heterocycles. The number of aromatic nitrogens is 2. The number of nitrogens with one attached hydrogen (secondary N) is 1. The SMILES string of the molecule is CCN1C(=O)C(C)(C)C(=O)N(C)c2cc(OCCCNC(CCn3ccc4oc(C)cc4c3=O)c3nccs3)ccc21. The fourth-order valence-electron chi connectivity index (χ4n) is 5.38. The van der Waals surface area contributed by atoms with Crippen molar-refractivity contribution < 1.29 is 18.7 Å². The molecule has 1 N–H and O–H groups in total. The van der Waals surface area contributed by atoms with Crippen LogP contribution in [0.2, 0.25) is 0 Å². The smallest absolute Gasteiger partial charge is 0.261 e. The van der Waals surface area contributed by atoms with Gasteiger partial charge in [-0.1, -0.05) is 0 Å². The first kappa shape index (κ1) is 29.5. The van der Waals surface area contributed by atoms with Crippen LogP contribution in [0.4, 0.5) is 11.4 Å². The van der Waals surface area contributed by atoms with Gasteiger partial charge in [-0.15, -0.1) is 11.3 Å². The van der Waals surface area contributed by atoms with Crippen LogP contribution in [0, 0.1) is 12.3 Å². The summed E-state index contributed by atoms with van der Waals surface area (Å²) < 4.78 is 13.4. The van der Waals surface area contributed by atoms with Gasteiger partial charge in [0.15, 0.2) is 0 Å². The van der Waals surface area contributed by atoms with E-state index < -0.39 is 5.41 Å². The van der Waals surface area contributed by atoms with Gasteiger partial charge in [0.25, 0.3) is 5.56 Å². The van der Waals surface area contributed by atoms with E-state index in [9.17, 15) is 14.4 Å². The summed E-state index contributed by atoms with van der Waals surface area (Å²) in [5, 5.41) is 7.09. The first-order valence-corrected chi connectivity index (χ1v) is 15.1. The maximum Gasteiger partial charge on any atom is 0.261 e. The highest BCUT2D eigenvalue weighted by molar-refractivity contribution is 7.09. The molecule has 0 saturated carbocycles. The molecule has 1 atom stereocenters. The number of hydrogen-bond donors (Lipinski definition) is 1. The molecule has 0 fully saturated rings. The second-order valence-corrected chi connectivity index (χ2v) is 11.9. The van der Waals surface area contributed by atoms with Gasteiger partial charge in [-0.25, -0.2) is 4.98 Å². The second-order valence-electron chi connectivity index (χ2n) is 11.0. The maximum absolute atomic E-state index is 13.1. The Morgan fingerprint density at radius 1 is 1.12 bits per heavy atom. The number of aryl methyl sites for hydroxylation is 2. The Labute approximate surface area is 248 Å². The molecule has 0 bridgehead atoms. The van der Waals surface area contributed by atoms with Crippen LogP contribution in [0.15, 0.2) is 57.3 Å². The minimum absolute atomic E-state index is 0.00763. The van der Waals surface area contributed by atoms with Gasteiger partial charge in [0.1, 0.15) is 27.5 Å². The number of pyridine rings is 1. The summed E-state index contributed by atoms with van der Waals surface area (Å²) in [6.45, 7) is 9.25. The topological polar surface area (TPSA) is 110 Å². The zero-order chi connectivity index (χ0) is 30.0. The van der Waals surface area contributed by atoms with Crippen LogP contribution in [0.1, 0.15) is 50.4 Å². The number of thiazole rings is 1. The molecule has 0 aliphatic carbocycles. The highest BCUT2D eigenvalue weighted by Gasteiger charge is 2.45. The average Bonchev–Trinajstić information content (AvgIpc) is 3.64. The monoisotopic (exact) mass is 591 g/mol. The Kier molecular flexibility index (Phi) is 8.51. The lowest BCUT2D eigenvalue weighted by atomic mass is 9.90. The Morgan fingerprint density at radius 3 is 2.67 bits per heavy atom. The number of nitrogens with zero attached hydrogens (tertiary/aromatic N) is 4. The number of amides is 2. The Morgan fingerprint density at radius 2 is 1.93 bits per heavy atom. The van der Waals surface area contributed by atoms with Crippen molar-refractivity contribution in [1.82, 2.24) is 14.9 Å². The normalized spacial score (nSPS) is 15.6. The number of anilines is 2. The van der Waals surface area contributed by atoms with Gasteiger partial charge in [-0.05, 0) is 71.3 Å². The fourth-order valence-corrected chi connectivity index (χ4v) is 6.12. The lowest BCUT2D eigenvalue weighted by Gasteiger charge is -2.27. The molecular formula is C31H37N5O5S. The summed E-state index contributed by atoms with van der Waals surface area (Å²) in [5.74, 6) is 0.897. The van der Waals surface area contributed by atoms with Gasteiger partial charge in [0, 0.05) is 44.0 Å². The van der Waals surface area contributed by atoms with E-state index >= 15 is 0 Å². The van der Waals surface area contributed by atoms with E-state index in [1.165, 1.54) is 0 Å². The van der Waals surface area contributed by atoms with E-state index in [0.29, 0.717) is 60.8 Å². The Balaban J connectivity index is 1.19. The molecule has 42 heavy (non-hydrogen) atoms. The van der Waals surface area contributed by atoms with E-state index in [2.05, 4.69) is 10.3 Å². The maximum atomic E-state index is 13.1. The summed E-state index contributed by atoms with van der Waals surface area (Å²) in [5.41, 5.74) is 0.753. The second kappa shape index (κ2) is 12.1. The number of hydrogen-bond acceptors (Lipinski definition) is 8. The molecule has 3 aromatic heterocycles. The zero-order valence-corrected chi connectivity index (χ0v) is 25.5. The van der Waals surface area contributed by atoms with E-state index in [1.54, 1.807) is 65.1 Å². The van der Waals surface area contributed by atoms with Crippen LogP contribution in [-0.4, -0.2) is 48.1 Å². The van der Waals surface area contributed by atoms with Crippen molar-refractivity contribution >= 4 is 45.5 Å². The number of rotatable bonds is 11. The Hall–Kier alpha value is -3.96. The summed E-state index contributed by atoms with van der Waals surface area (Å²) >= 11 is 1.59. The summed E-state index contributed by atoms with van der Waals surface area (Å²) in [7, 11) is 1.70. The van der Waals surface area contributed by atoms with Gasteiger partial charge in [-0.2, -0.15) is 0 Å². The van der Waals surface area contributed by atoms with Crippen LogP contribution >= 0.6 is 11.3 Å². The number of benzene rings is 1. The van der Waals surface area contributed by atoms with Gasteiger partial charge in [0.05, 0.1) is 29.4 Å². The number of furan rings is 1. The van der Waals surface area contributed by atoms with Crippen molar-refractivity contribution in [2.45, 2.75) is 53.1 Å².